The van der Waals surface area contributed by atoms with Crippen LogP contribution in [0.25, 0.3) is 0 Å². The van der Waals surface area contributed by atoms with Crippen LogP contribution in [0.2, 0.25) is 10.0 Å². The molecular formula is C25H29BrCl2N2O3. The maximum Gasteiger partial charge on any atom is 0.407 e. The van der Waals surface area contributed by atoms with E-state index < -0.39 is 5.60 Å². The van der Waals surface area contributed by atoms with Crippen LogP contribution in [0.15, 0.2) is 40.9 Å². The van der Waals surface area contributed by atoms with Crippen LogP contribution in [0.5, 0.6) is 5.75 Å². The summed E-state index contributed by atoms with van der Waals surface area (Å²) in [6, 6.07) is 11.7. The van der Waals surface area contributed by atoms with Gasteiger partial charge in [0.15, 0.2) is 0 Å². The van der Waals surface area contributed by atoms with Gasteiger partial charge in [0.05, 0.1) is 6.04 Å². The lowest BCUT2D eigenvalue weighted by atomic mass is 10.0. The number of hydrogen-bond acceptors (Lipinski definition) is 4. The third kappa shape index (κ3) is 6.16. The number of alkyl carbamates (subject to hydrolysis) is 1. The van der Waals surface area contributed by atoms with Gasteiger partial charge in [-0.25, -0.2) is 4.79 Å². The lowest BCUT2D eigenvalue weighted by Gasteiger charge is -2.39. The third-order valence-corrected chi connectivity index (χ3v) is 7.07. The Hall–Kier alpha value is -1.47. The molecule has 2 aromatic carbocycles. The van der Waals surface area contributed by atoms with Gasteiger partial charge in [0.1, 0.15) is 17.5 Å². The molecule has 0 bridgehead atoms. The molecule has 2 aliphatic rings. The van der Waals surface area contributed by atoms with Crippen molar-refractivity contribution in [1.82, 2.24) is 10.2 Å². The smallest absolute Gasteiger partial charge is 0.407 e. The molecule has 4 rings (SSSR count). The number of benzene rings is 2. The van der Waals surface area contributed by atoms with Crippen molar-refractivity contribution < 1.29 is 14.3 Å². The Balaban J connectivity index is 1.55. The normalized spacial score (nSPS) is 23.2. The fraction of sp³-hybridized carbons (Fsp3) is 0.480. The number of piperidine rings is 1. The van der Waals surface area contributed by atoms with Crippen LogP contribution in [-0.2, 0) is 11.2 Å². The summed E-state index contributed by atoms with van der Waals surface area (Å²) in [6.07, 6.45) is 2.08. The first-order chi connectivity index (χ1) is 15.6. The van der Waals surface area contributed by atoms with Gasteiger partial charge in [-0.15, -0.1) is 0 Å². The number of carbonyl (C=O) groups excluding carboxylic acids is 1. The second kappa shape index (κ2) is 10.0. The second-order valence-electron chi connectivity index (χ2n) is 9.70. The van der Waals surface area contributed by atoms with E-state index in [1.54, 1.807) is 6.07 Å². The van der Waals surface area contributed by atoms with Crippen molar-refractivity contribution >= 4 is 45.2 Å². The lowest BCUT2D eigenvalue weighted by molar-refractivity contribution is 0.0362. The number of likely N-dealkylation sites (tertiary alicyclic amines) is 1. The molecule has 0 spiro atoms. The van der Waals surface area contributed by atoms with Crippen LogP contribution >= 0.6 is 39.1 Å². The van der Waals surface area contributed by atoms with E-state index >= 15 is 0 Å². The molecule has 1 aliphatic carbocycles. The summed E-state index contributed by atoms with van der Waals surface area (Å²) in [6.45, 7) is 7.26. The fourth-order valence-electron chi connectivity index (χ4n) is 4.64. The number of hydrogen-bond donors (Lipinski definition) is 1. The van der Waals surface area contributed by atoms with E-state index in [4.69, 9.17) is 32.7 Å². The summed E-state index contributed by atoms with van der Waals surface area (Å²) in [7, 11) is 0. The molecule has 1 saturated heterocycles. The highest BCUT2D eigenvalue weighted by molar-refractivity contribution is 9.10. The molecule has 1 N–H and O–H groups in total. The summed E-state index contributed by atoms with van der Waals surface area (Å²) in [5.74, 6) is 0.789. The molecule has 0 saturated carbocycles. The molecule has 3 atom stereocenters. The molecule has 1 aliphatic heterocycles. The third-order valence-electron chi connectivity index (χ3n) is 5.98. The van der Waals surface area contributed by atoms with Crippen molar-refractivity contribution in [2.75, 3.05) is 13.1 Å². The molecule has 0 aromatic heterocycles. The zero-order valence-electron chi connectivity index (χ0n) is 19.0. The van der Waals surface area contributed by atoms with Crippen molar-refractivity contribution in [3.63, 3.8) is 0 Å². The molecule has 0 unspecified atom stereocenters. The Labute approximate surface area is 213 Å². The summed E-state index contributed by atoms with van der Waals surface area (Å²) in [4.78, 5) is 14.7. The first-order valence-corrected chi connectivity index (χ1v) is 12.8. The summed E-state index contributed by atoms with van der Waals surface area (Å²) < 4.78 is 13.0. The van der Waals surface area contributed by atoms with Gasteiger partial charge in [0, 0.05) is 32.7 Å². The number of nitrogens with one attached hydrogen (secondary N) is 1. The van der Waals surface area contributed by atoms with E-state index in [0.717, 1.165) is 53.7 Å². The monoisotopic (exact) mass is 554 g/mol. The maximum absolute atomic E-state index is 12.3. The Bertz CT molecular complexity index is 1010. The molecular weight excluding hydrogens is 527 g/mol. The van der Waals surface area contributed by atoms with E-state index in [1.807, 2.05) is 51.1 Å². The molecule has 0 radical (unpaired) electrons. The zero-order valence-corrected chi connectivity index (χ0v) is 22.1. The van der Waals surface area contributed by atoms with Gasteiger partial charge in [-0.05, 0) is 88.5 Å². The molecule has 1 heterocycles. The first-order valence-electron chi connectivity index (χ1n) is 11.2. The standard InChI is InChI=1S/C25H29BrCl2N2O3/c1-25(2,3)33-24(31)29-17-5-4-10-30(14-17)22-13-19-20(11-16(27)12-21(19)28)23(22)32-18-8-6-15(26)7-9-18/h6-9,11-12,17,22-23H,4-5,10,13-14H2,1-3H3,(H,29,31)/t17-,22+,23+/m1/s1. The van der Waals surface area contributed by atoms with Crippen LogP contribution in [-0.4, -0.2) is 41.8 Å². The second-order valence-corrected chi connectivity index (χ2v) is 11.5. The van der Waals surface area contributed by atoms with Gasteiger partial charge >= 0.3 is 6.09 Å². The van der Waals surface area contributed by atoms with Crippen LogP contribution in [0.3, 0.4) is 0 Å². The van der Waals surface area contributed by atoms with Gasteiger partial charge in [-0.3, -0.25) is 4.90 Å². The molecule has 1 fully saturated rings. The van der Waals surface area contributed by atoms with E-state index in [-0.39, 0.29) is 24.3 Å². The number of carbonyl (C=O) groups is 1. The van der Waals surface area contributed by atoms with Gasteiger partial charge < -0.3 is 14.8 Å². The highest BCUT2D eigenvalue weighted by Gasteiger charge is 2.41. The van der Waals surface area contributed by atoms with E-state index in [0.29, 0.717) is 10.0 Å². The van der Waals surface area contributed by atoms with Gasteiger partial charge in [-0.1, -0.05) is 39.1 Å². The number of amides is 1. The topological polar surface area (TPSA) is 50.8 Å². The molecule has 5 nitrogen and oxygen atoms in total. The first kappa shape index (κ1) is 24.6. The Kier molecular flexibility index (Phi) is 7.49. The molecule has 178 valence electrons. The van der Waals surface area contributed by atoms with Crippen LogP contribution in [0, 0.1) is 0 Å². The number of fused-ring (bicyclic) bond motifs is 1. The predicted molar refractivity (Wildman–Crippen MR) is 135 cm³/mol. The number of nitrogens with zero attached hydrogens (tertiary/aromatic N) is 1. The van der Waals surface area contributed by atoms with Crippen molar-refractivity contribution in [2.45, 2.75) is 63.8 Å². The number of rotatable bonds is 4. The highest BCUT2D eigenvalue weighted by Crippen LogP contribution is 2.43. The Morgan fingerprint density at radius 2 is 1.91 bits per heavy atom. The summed E-state index contributed by atoms with van der Waals surface area (Å²) in [5.41, 5.74) is 1.59. The zero-order chi connectivity index (χ0) is 23.8. The highest BCUT2D eigenvalue weighted by atomic mass is 79.9. The number of ether oxygens (including phenoxy) is 2. The van der Waals surface area contributed by atoms with Crippen molar-refractivity contribution in [1.29, 1.82) is 0 Å². The quantitative estimate of drug-likeness (QED) is 0.451. The van der Waals surface area contributed by atoms with E-state index in [1.165, 1.54) is 0 Å². The van der Waals surface area contributed by atoms with Crippen LogP contribution in [0.1, 0.15) is 50.8 Å². The summed E-state index contributed by atoms with van der Waals surface area (Å²) in [5, 5.41) is 4.32. The number of halogens is 3. The van der Waals surface area contributed by atoms with Gasteiger partial charge in [0.2, 0.25) is 0 Å². The summed E-state index contributed by atoms with van der Waals surface area (Å²) >= 11 is 16.4. The van der Waals surface area contributed by atoms with E-state index in [2.05, 4.69) is 26.1 Å². The van der Waals surface area contributed by atoms with E-state index in [9.17, 15) is 4.79 Å². The van der Waals surface area contributed by atoms with Gasteiger partial charge in [0.25, 0.3) is 0 Å². The van der Waals surface area contributed by atoms with Crippen LogP contribution in [0.4, 0.5) is 4.79 Å². The van der Waals surface area contributed by atoms with Crippen molar-refractivity contribution in [3.05, 3.63) is 62.0 Å². The van der Waals surface area contributed by atoms with Crippen molar-refractivity contribution in [3.8, 4) is 5.75 Å². The average Bonchev–Trinajstić information content (AvgIpc) is 3.07. The Morgan fingerprint density at radius 3 is 2.61 bits per heavy atom. The lowest BCUT2D eigenvalue weighted by Crippen LogP contribution is -2.53. The Morgan fingerprint density at radius 1 is 1.18 bits per heavy atom. The molecule has 2 aromatic rings. The molecule has 1 amide bonds. The molecule has 33 heavy (non-hydrogen) atoms. The fourth-order valence-corrected chi connectivity index (χ4v) is 5.49. The van der Waals surface area contributed by atoms with Gasteiger partial charge in [-0.2, -0.15) is 0 Å². The average molecular weight is 556 g/mol. The van der Waals surface area contributed by atoms with Crippen LogP contribution < -0.4 is 10.1 Å². The minimum Gasteiger partial charge on any atom is -0.484 e. The predicted octanol–water partition coefficient (Wildman–Crippen LogP) is 6.79. The minimum atomic E-state index is -0.523. The maximum atomic E-state index is 12.3. The largest absolute Gasteiger partial charge is 0.484 e. The minimum absolute atomic E-state index is 0.0182. The molecule has 8 heteroatoms. The SMILES string of the molecule is CC(C)(C)OC(=O)N[C@@H]1CCCN([C@H]2Cc3c(Cl)cc(Cl)cc3[C@@H]2Oc2ccc(Br)cc2)C1. The van der Waals surface area contributed by atoms with Crippen molar-refractivity contribution in [2.24, 2.45) is 0 Å².